The standard InChI is InChI=1S/C15H30O2/c1-5-6-7-8-9-10-15(3,4)12-14(17)11-13(2)16/h9-10,13-14,16-17H,5-8,11-12H2,1-4H3. The van der Waals surface area contributed by atoms with Crippen molar-refractivity contribution in [1.82, 2.24) is 0 Å². The Kier molecular flexibility index (Phi) is 8.53. The van der Waals surface area contributed by atoms with E-state index in [1.165, 1.54) is 19.3 Å². The minimum absolute atomic E-state index is 0.0144. The quantitative estimate of drug-likeness (QED) is 0.478. The Bertz CT molecular complexity index is 207. The van der Waals surface area contributed by atoms with E-state index < -0.39 is 12.2 Å². The summed E-state index contributed by atoms with van der Waals surface area (Å²) in [5, 5.41) is 19.0. The van der Waals surface area contributed by atoms with E-state index in [0.717, 1.165) is 6.42 Å². The Morgan fingerprint density at radius 1 is 1.18 bits per heavy atom. The zero-order chi connectivity index (χ0) is 13.3. The van der Waals surface area contributed by atoms with Gasteiger partial charge in [-0.2, -0.15) is 0 Å². The first-order valence-corrected chi connectivity index (χ1v) is 6.91. The van der Waals surface area contributed by atoms with Crippen molar-refractivity contribution in [3.05, 3.63) is 12.2 Å². The average Bonchev–Trinajstić information content (AvgIpc) is 2.14. The summed E-state index contributed by atoms with van der Waals surface area (Å²) in [6, 6.07) is 0. The molecule has 2 nitrogen and oxygen atoms in total. The number of allylic oxidation sites excluding steroid dienone is 2. The molecule has 0 aromatic carbocycles. The van der Waals surface area contributed by atoms with Crippen LogP contribution in [-0.4, -0.2) is 22.4 Å². The minimum Gasteiger partial charge on any atom is -0.393 e. The van der Waals surface area contributed by atoms with Gasteiger partial charge in [0.1, 0.15) is 0 Å². The van der Waals surface area contributed by atoms with Crippen molar-refractivity contribution < 1.29 is 10.2 Å². The van der Waals surface area contributed by atoms with Crippen LogP contribution >= 0.6 is 0 Å². The summed E-state index contributed by atoms with van der Waals surface area (Å²) in [6.07, 6.45) is 9.69. The van der Waals surface area contributed by atoms with Crippen molar-refractivity contribution in [2.24, 2.45) is 5.41 Å². The Morgan fingerprint density at radius 2 is 1.82 bits per heavy atom. The van der Waals surface area contributed by atoms with Crippen molar-refractivity contribution in [3.8, 4) is 0 Å². The summed E-state index contributed by atoms with van der Waals surface area (Å²) in [5.41, 5.74) is 0.0144. The number of aliphatic hydroxyl groups is 2. The third-order valence-corrected chi connectivity index (χ3v) is 2.92. The maximum atomic E-state index is 9.80. The van der Waals surface area contributed by atoms with Gasteiger partial charge in [-0.05, 0) is 38.0 Å². The van der Waals surface area contributed by atoms with E-state index in [1.807, 2.05) is 0 Å². The maximum Gasteiger partial charge on any atom is 0.0572 e. The highest BCUT2D eigenvalue weighted by Crippen LogP contribution is 2.26. The van der Waals surface area contributed by atoms with Gasteiger partial charge in [0, 0.05) is 0 Å². The van der Waals surface area contributed by atoms with Gasteiger partial charge >= 0.3 is 0 Å². The van der Waals surface area contributed by atoms with Crippen LogP contribution in [0.1, 0.15) is 66.2 Å². The number of aliphatic hydroxyl groups excluding tert-OH is 2. The van der Waals surface area contributed by atoms with Crippen LogP contribution in [0.3, 0.4) is 0 Å². The summed E-state index contributed by atoms with van der Waals surface area (Å²) in [6.45, 7) is 8.19. The summed E-state index contributed by atoms with van der Waals surface area (Å²) < 4.78 is 0. The molecule has 2 heteroatoms. The molecule has 0 bridgehead atoms. The molecule has 0 fully saturated rings. The molecule has 0 aromatic heterocycles. The fourth-order valence-corrected chi connectivity index (χ4v) is 2.07. The van der Waals surface area contributed by atoms with Crippen molar-refractivity contribution in [3.63, 3.8) is 0 Å². The third-order valence-electron chi connectivity index (χ3n) is 2.92. The van der Waals surface area contributed by atoms with Gasteiger partial charge in [-0.15, -0.1) is 0 Å². The molecule has 0 aromatic rings. The minimum atomic E-state index is -0.422. The fourth-order valence-electron chi connectivity index (χ4n) is 2.07. The van der Waals surface area contributed by atoms with Gasteiger partial charge in [-0.3, -0.25) is 0 Å². The van der Waals surface area contributed by atoms with Crippen LogP contribution in [-0.2, 0) is 0 Å². The largest absolute Gasteiger partial charge is 0.393 e. The molecule has 2 atom stereocenters. The lowest BCUT2D eigenvalue weighted by Gasteiger charge is -2.24. The fraction of sp³-hybridized carbons (Fsp3) is 0.867. The Morgan fingerprint density at radius 3 is 2.35 bits per heavy atom. The summed E-state index contributed by atoms with van der Waals surface area (Å²) in [7, 11) is 0. The van der Waals surface area contributed by atoms with Crippen LogP contribution < -0.4 is 0 Å². The number of rotatable bonds is 9. The van der Waals surface area contributed by atoms with Gasteiger partial charge in [-0.25, -0.2) is 0 Å². The molecule has 0 rings (SSSR count). The predicted molar refractivity (Wildman–Crippen MR) is 74.0 cm³/mol. The summed E-state index contributed by atoms with van der Waals surface area (Å²) in [4.78, 5) is 0. The molecule has 102 valence electrons. The van der Waals surface area contributed by atoms with Crippen molar-refractivity contribution in [2.45, 2.75) is 78.4 Å². The van der Waals surface area contributed by atoms with E-state index in [9.17, 15) is 10.2 Å². The first-order valence-electron chi connectivity index (χ1n) is 6.91. The summed E-state index contributed by atoms with van der Waals surface area (Å²) >= 11 is 0. The summed E-state index contributed by atoms with van der Waals surface area (Å²) in [5.74, 6) is 0. The Balaban J connectivity index is 3.92. The first kappa shape index (κ1) is 16.7. The van der Waals surface area contributed by atoms with Gasteiger partial charge in [0.15, 0.2) is 0 Å². The van der Waals surface area contributed by atoms with Crippen LogP contribution in [0.25, 0.3) is 0 Å². The third kappa shape index (κ3) is 10.5. The number of hydrogen-bond acceptors (Lipinski definition) is 2. The maximum absolute atomic E-state index is 9.80. The second kappa shape index (κ2) is 8.71. The monoisotopic (exact) mass is 242 g/mol. The lowest BCUT2D eigenvalue weighted by Crippen LogP contribution is -2.22. The molecular weight excluding hydrogens is 212 g/mol. The van der Waals surface area contributed by atoms with Gasteiger partial charge in [0.25, 0.3) is 0 Å². The first-order chi connectivity index (χ1) is 7.87. The van der Waals surface area contributed by atoms with Crippen LogP contribution in [0.5, 0.6) is 0 Å². The predicted octanol–water partition coefficient (Wildman–Crippen LogP) is 3.67. The lowest BCUT2D eigenvalue weighted by molar-refractivity contribution is 0.0678. The van der Waals surface area contributed by atoms with Crippen LogP contribution in [0.15, 0.2) is 12.2 Å². The van der Waals surface area contributed by atoms with Gasteiger partial charge < -0.3 is 10.2 Å². The van der Waals surface area contributed by atoms with Crippen LogP contribution in [0.2, 0.25) is 0 Å². The second-order valence-electron chi connectivity index (χ2n) is 5.83. The van der Waals surface area contributed by atoms with E-state index in [1.54, 1.807) is 6.92 Å². The van der Waals surface area contributed by atoms with Crippen LogP contribution in [0.4, 0.5) is 0 Å². The highest BCUT2D eigenvalue weighted by atomic mass is 16.3. The molecule has 2 unspecified atom stereocenters. The molecule has 0 aliphatic carbocycles. The number of hydrogen-bond donors (Lipinski definition) is 2. The van der Waals surface area contributed by atoms with E-state index in [0.29, 0.717) is 12.8 Å². The lowest BCUT2D eigenvalue weighted by atomic mass is 9.84. The molecule has 0 radical (unpaired) electrons. The average molecular weight is 242 g/mol. The zero-order valence-electron chi connectivity index (χ0n) is 11.9. The molecule has 2 N–H and O–H groups in total. The van der Waals surface area contributed by atoms with E-state index in [-0.39, 0.29) is 5.41 Å². The smallest absolute Gasteiger partial charge is 0.0572 e. The molecular formula is C15H30O2. The SMILES string of the molecule is CCCCCC=CC(C)(C)CC(O)CC(C)O. The molecule has 0 saturated heterocycles. The molecule has 0 heterocycles. The molecule has 0 amide bonds. The van der Waals surface area contributed by atoms with Crippen molar-refractivity contribution in [2.75, 3.05) is 0 Å². The Hall–Kier alpha value is -0.340. The van der Waals surface area contributed by atoms with E-state index in [2.05, 4.69) is 32.9 Å². The van der Waals surface area contributed by atoms with Crippen molar-refractivity contribution >= 4 is 0 Å². The molecule has 0 aliphatic rings. The molecule has 0 aliphatic heterocycles. The van der Waals surface area contributed by atoms with Crippen LogP contribution in [0, 0.1) is 5.41 Å². The molecule has 0 saturated carbocycles. The zero-order valence-corrected chi connectivity index (χ0v) is 11.9. The van der Waals surface area contributed by atoms with E-state index in [4.69, 9.17) is 0 Å². The molecule has 0 spiro atoms. The highest BCUT2D eigenvalue weighted by Gasteiger charge is 2.20. The van der Waals surface area contributed by atoms with Gasteiger partial charge in [0.2, 0.25) is 0 Å². The Labute approximate surface area is 107 Å². The normalized spacial score (nSPS) is 16.4. The second-order valence-corrected chi connectivity index (χ2v) is 5.83. The van der Waals surface area contributed by atoms with Gasteiger partial charge in [0.05, 0.1) is 12.2 Å². The highest BCUT2D eigenvalue weighted by molar-refractivity contribution is 4.95. The topological polar surface area (TPSA) is 40.5 Å². The van der Waals surface area contributed by atoms with Crippen molar-refractivity contribution in [1.29, 1.82) is 0 Å². The number of unbranched alkanes of at least 4 members (excludes halogenated alkanes) is 3. The van der Waals surface area contributed by atoms with Gasteiger partial charge in [-0.1, -0.05) is 45.8 Å². The molecule has 17 heavy (non-hydrogen) atoms. The van der Waals surface area contributed by atoms with E-state index >= 15 is 0 Å².